The number of amides is 1. The Morgan fingerprint density at radius 2 is 1.74 bits per heavy atom. The molecule has 0 spiro atoms. The van der Waals surface area contributed by atoms with Gasteiger partial charge in [-0.15, -0.1) is 0 Å². The summed E-state index contributed by atoms with van der Waals surface area (Å²) in [6.07, 6.45) is 0. The van der Waals surface area contributed by atoms with Gasteiger partial charge in [-0.3, -0.25) is 10.1 Å². The average molecular weight is 460 g/mol. The number of aryl methyl sites for hydroxylation is 1. The van der Waals surface area contributed by atoms with Gasteiger partial charge < -0.3 is 4.74 Å². The predicted molar refractivity (Wildman–Crippen MR) is 118 cm³/mol. The number of carbonyl (C=O) groups excluding carboxylic acids is 2. The maximum atomic E-state index is 12.8. The number of sulfonamides is 1. The second-order valence-electron chi connectivity index (χ2n) is 6.65. The van der Waals surface area contributed by atoms with Crippen LogP contribution in [-0.4, -0.2) is 43.7 Å². The summed E-state index contributed by atoms with van der Waals surface area (Å²) in [5, 5.41) is 2.86. The van der Waals surface area contributed by atoms with Crippen LogP contribution in [0.15, 0.2) is 59.5 Å². The Kier molecular flexibility index (Phi) is 6.84. The van der Waals surface area contributed by atoms with Gasteiger partial charge >= 0.3 is 5.97 Å². The lowest BCUT2D eigenvalue weighted by molar-refractivity contribution is 0.0605. The Labute approximate surface area is 184 Å². The van der Waals surface area contributed by atoms with Crippen LogP contribution in [0, 0.1) is 6.92 Å². The zero-order valence-electron chi connectivity index (χ0n) is 17.2. The first-order valence-corrected chi connectivity index (χ1v) is 11.5. The largest absolute Gasteiger partial charge is 0.465 e. The van der Waals surface area contributed by atoms with Crippen LogP contribution in [0.4, 0.5) is 5.13 Å². The third kappa shape index (κ3) is 5.16. The average Bonchev–Trinajstić information content (AvgIpc) is 3.13. The standard InChI is InChI=1S/C21H21N3O5S2/c1-14-18(20(26)29-3)30-21(22-14)23-19(25)16-9-11-17(12-10-16)31(27,28)24(2)13-15-7-5-4-6-8-15/h4-12H,13H2,1-3H3,(H,22,23,25). The number of aromatic nitrogens is 1. The molecule has 0 saturated carbocycles. The van der Waals surface area contributed by atoms with Gasteiger partial charge in [-0.2, -0.15) is 4.31 Å². The number of benzene rings is 2. The molecule has 0 atom stereocenters. The fourth-order valence-electron chi connectivity index (χ4n) is 2.79. The van der Waals surface area contributed by atoms with Crippen LogP contribution >= 0.6 is 11.3 Å². The Balaban J connectivity index is 1.72. The molecule has 0 bridgehead atoms. The number of nitrogens with one attached hydrogen (secondary N) is 1. The molecule has 1 amide bonds. The maximum absolute atomic E-state index is 12.8. The van der Waals surface area contributed by atoms with Crippen molar-refractivity contribution in [3.8, 4) is 0 Å². The fourth-order valence-corrected chi connectivity index (χ4v) is 4.82. The minimum absolute atomic E-state index is 0.0838. The lowest BCUT2D eigenvalue weighted by atomic mass is 10.2. The van der Waals surface area contributed by atoms with E-state index in [1.165, 1.54) is 42.7 Å². The van der Waals surface area contributed by atoms with Gasteiger partial charge in [-0.1, -0.05) is 41.7 Å². The first kappa shape index (κ1) is 22.6. The number of methoxy groups -OCH3 is 1. The Morgan fingerprint density at radius 3 is 2.35 bits per heavy atom. The highest BCUT2D eigenvalue weighted by atomic mass is 32.2. The van der Waals surface area contributed by atoms with Crippen molar-refractivity contribution in [1.82, 2.24) is 9.29 Å². The van der Waals surface area contributed by atoms with E-state index in [9.17, 15) is 18.0 Å². The first-order valence-electron chi connectivity index (χ1n) is 9.20. The molecule has 8 nitrogen and oxygen atoms in total. The van der Waals surface area contributed by atoms with E-state index in [2.05, 4.69) is 15.0 Å². The quantitative estimate of drug-likeness (QED) is 0.544. The number of hydrogen-bond acceptors (Lipinski definition) is 7. The van der Waals surface area contributed by atoms with E-state index in [0.29, 0.717) is 10.6 Å². The van der Waals surface area contributed by atoms with Gasteiger partial charge in [0.2, 0.25) is 10.0 Å². The summed E-state index contributed by atoms with van der Waals surface area (Å²) >= 11 is 1.01. The molecule has 0 aliphatic rings. The number of rotatable bonds is 7. The highest BCUT2D eigenvalue weighted by Gasteiger charge is 2.22. The van der Waals surface area contributed by atoms with E-state index in [1.54, 1.807) is 6.92 Å². The lowest BCUT2D eigenvalue weighted by Crippen LogP contribution is -2.26. The Morgan fingerprint density at radius 1 is 1.10 bits per heavy atom. The molecule has 2 aromatic carbocycles. The molecule has 1 heterocycles. The predicted octanol–water partition coefficient (Wildman–Crippen LogP) is 3.31. The molecular formula is C21H21N3O5S2. The summed E-state index contributed by atoms with van der Waals surface area (Å²) in [5.41, 5.74) is 1.59. The van der Waals surface area contributed by atoms with E-state index in [1.807, 2.05) is 30.3 Å². The Bertz CT molecular complexity index is 1190. The van der Waals surface area contributed by atoms with Gasteiger partial charge in [0.15, 0.2) is 5.13 Å². The van der Waals surface area contributed by atoms with Crippen LogP contribution in [0.1, 0.15) is 31.3 Å². The van der Waals surface area contributed by atoms with Crippen LogP contribution in [0.3, 0.4) is 0 Å². The maximum Gasteiger partial charge on any atom is 0.350 e. The van der Waals surface area contributed by atoms with E-state index >= 15 is 0 Å². The van der Waals surface area contributed by atoms with Crippen molar-refractivity contribution >= 4 is 38.4 Å². The molecular weight excluding hydrogens is 438 g/mol. The zero-order chi connectivity index (χ0) is 22.6. The summed E-state index contributed by atoms with van der Waals surface area (Å²) in [7, 11) is -0.936. The van der Waals surface area contributed by atoms with Crippen LogP contribution in [0.2, 0.25) is 0 Å². The normalized spacial score (nSPS) is 11.4. The molecule has 162 valence electrons. The molecule has 0 unspecified atom stereocenters. The van der Waals surface area contributed by atoms with E-state index in [0.717, 1.165) is 16.9 Å². The van der Waals surface area contributed by atoms with Crippen molar-refractivity contribution in [2.24, 2.45) is 0 Å². The number of thiazole rings is 1. The second kappa shape index (κ2) is 9.38. The molecule has 3 aromatic rings. The molecule has 0 fully saturated rings. The van der Waals surface area contributed by atoms with Crippen LogP contribution < -0.4 is 5.32 Å². The van der Waals surface area contributed by atoms with Crippen LogP contribution in [-0.2, 0) is 21.3 Å². The fraction of sp³-hybridized carbons (Fsp3) is 0.190. The third-order valence-electron chi connectivity index (χ3n) is 4.46. The van der Waals surface area contributed by atoms with Crippen LogP contribution in [0.25, 0.3) is 0 Å². The summed E-state index contributed by atoms with van der Waals surface area (Å²) in [4.78, 5) is 28.7. The summed E-state index contributed by atoms with van der Waals surface area (Å²) in [6.45, 7) is 1.88. The van der Waals surface area contributed by atoms with Crippen molar-refractivity contribution in [2.75, 3.05) is 19.5 Å². The number of carbonyl (C=O) groups is 2. The van der Waals surface area contributed by atoms with Crippen molar-refractivity contribution in [1.29, 1.82) is 0 Å². The minimum Gasteiger partial charge on any atom is -0.465 e. The monoisotopic (exact) mass is 459 g/mol. The number of hydrogen-bond donors (Lipinski definition) is 1. The summed E-state index contributed by atoms with van der Waals surface area (Å²) < 4.78 is 31.6. The lowest BCUT2D eigenvalue weighted by Gasteiger charge is -2.17. The molecule has 0 aliphatic carbocycles. The van der Waals surface area contributed by atoms with E-state index in [-0.39, 0.29) is 22.1 Å². The number of esters is 1. The third-order valence-corrected chi connectivity index (χ3v) is 7.33. The van der Waals surface area contributed by atoms with E-state index < -0.39 is 21.9 Å². The molecule has 0 aliphatic heterocycles. The second-order valence-corrected chi connectivity index (χ2v) is 9.69. The van der Waals surface area contributed by atoms with Crippen molar-refractivity contribution in [2.45, 2.75) is 18.4 Å². The van der Waals surface area contributed by atoms with Gasteiger partial charge in [0.1, 0.15) is 4.88 Å². The highest BCUT2D eigenvalue weighted by molar-refractivity contribution is 7.89. The van der Waals surface area contributed by atoms with Crippen molar-refractivity contribution in [3.05, 3.63) is 76.3 Å². The number of anilines is 1. The number of nitrogens with zero attached hydrogens (tertiary/aromatic N) is 2. The van der Waals surface area contributed by atoms with Gasteiger partial charge in [0.05, 0.1) is 17.7 Å². The van der Waals surface area contributed by atoms with Gasteiger partial charge in [0.25, 0.3) is 5.91 Å². The van der Waals surface area contributed by atoms with Gasteiger partial charge in [-0.05, 0) is 36.8 Å². The summed E-state index contributed by atoms with van der Waals surface area (Å²) in [5.74, 6) is -0.989. The number of ether oxygens (including phenoxy) is 1. The molecule has 0 saturated heterocycles. The smallest absolute Gasteiger partial charge is 0.350 e. The van der Waals surface area contributed by atoms with Gasteiger partial charge in [-0.25, -0.2) is 18.2 Å². The SMILES string of the molecule is COC(=O)c1sc(NC(=O)c2ccc(S(=O)(=O)N(C)Cc3ccccc3)cc2)nc1C. The minimum atomic E-state index is -3.71. The zero-order valence-corrected chi connectivity index (χ0v) is 18.8. The molecule has 0 radical (unpaired) electrons. The van der Waals surface area contributed by atoms with Crippen LogP contribution in [0.5, 0.6) is 0 Å². The molecule has 1 aromatic heterocycles. The van der Waals surface area contributed by atoms with E-state index in [4.69, 9.17) is 0 Å². The Hall–Kier alpha value is -3.08. The molecule has 10 heteroatoms. The first-order chi connectivity index (χ1) is 14.7. The molecule has 31 heavy (non-hydrogen) atoms. The van der Waals surface area contributed by atoms with Gasteiger partial charge in [0, 0.05) is 19.2 Å². The molecule has 1 N–H and O–H groups in total. The topological polar surface area (TPSA) is 106 Å². The summed E-state index contributed by atoms with van der Waals surface area (Å²) in [6, 6.07) is 14.9. The van der Waals surface area contributed by atoms with Crippen molar-refractivity contribution < 1.29 is 22.7 Å². The highest BCUT2D eigenvalue weighted by Crippen LogP contribution is 2.24. The van der Waals surface area contributed by atoms with Crippen molar-refractivity contribution in [3.63, 3.8) is 0 Å². The molecule has 3 rings (SSSR count).